The number of rotatable bonds is 4. The second kappa shape index (κ2) is 6.46. The maximum absolute atomic E-state index is 5.98. The number of nitrogens with two attached hydrogens (primary N) is 1. The summed E-state index contributed by atoms with van der Waals surface area (Å²) in [5.41, 5.74) is 7.63. The molecule has 1 aliphatic heterocycles. The summed E-state index contributed by atoms with van der Waals surface area (Å²) in [4.78, 5) is 0.426. The van der Waals surface area contributed by atoms with Crippen LogP contribution in [-0.4, -0.2) is 23.3 Å². The summed E-state index contributed by atoms with van der Waals surface area (Å²) in [6.45, 7) is 4.79. The Balaban J connectivity index is 1.91. The molecule has 0 spiro atoms. The molecule has 19 heavy (non-hydrogen) atoms. The van der Waals surface area contributed by atoms with Gasteiger partial charge in [0.15, 0.2) is 0 Å². The quantitative estimate of drug-likeness (QED) is 0.861. The molecule has 2 unspecified atom stereocenters. The van der Waals surface area contributed by atoms with Crippen LogP contribution in [0.3, 0.4) is 0 Å². The molecule has 104 valence electrons. The summed E-state index contributed by atoms with van der Waals surface area (Å²) in [6, 6.07) is 7.91. The van der Waals surface area contributed by atoms with Crippen molar-refractivity contribution in [3.05, 3.63) is 35.4 Å². The van der Waals surface area contributed by atoms with Crippen molar-refractivity contribution in [2.75, 3.05) is 0 Å². The molecular weight excluding hydrogens is 258 g/mol. The van der Waals surface area contributed by atoms with Crippen LogP contribution < -0.4 is 5.73 Å². The first-order valence-corrected chi connectivity index (χ1v) is 7.11. The summed E-state index contributed by atoms with van der Waals surface area (Å²) in [7, 11) is 0. The summed E-state index contributed by atoms with van der Waals surface area (Å²) < 4.78 is 11.7. The normalized spacial score (nSPS) is 27.2. The predicted molar refractivity (Wildman–Crippen MR) is 80.1 cm³/mol. The standard InChI is InChI=1S/C15H21NO2S/c1-10-6-14(7-11(2)18-10)17-9-12-4-3-5-13(8-12)15(16)19/h3-5,8,10-11,14H,6-7,9H2,1-2H3,(H2,16,19). The minimum Gasteiger partial charge on any atom is -0.389 e. The Morgan fingerprint density at radius 1 is 1.37 bits per heavy atom. The zero-order valence-corrected chi connectivity index (χ0v) is 12.3. The third-order valence-electron chi connectivity index (χ3n) is 3.35. The fraction of sp³-hybridized carbons (Fsp3) is 0.533. The SMILES string of the molecule is CC1CC(OCc2cccc(C(N)=S)c2)CC(C)O1. The van der Waals surface area contributed by atoms with Gasteiger partial charge in [-0.2, -0.15) is 0 Å². The van der Waals surface area contributed by atoms with Gasteiger partial charge >= 0.3 is 0 Å². The maximum atomic E-state index is 5.98. The van der Waals surface area contributed by atoms with Crippen LogP contribution in [0, 0.1) is 0 Å². The minimum atomic E-state index is 0.271. The number of hydrogen-bond donors (Lipinski definition) is 1. The van der Waals surface area contributed by atoms with E-state index in [0.717, 1.165) is 24.0 Å². The van der Waals surface area contributed by atoms with E-state index in [4.69, 9.17) is 27.4 Å². The van der Waals surface area contributed by atoms with Crippen LogP contribution in [0.2, 0.25) is 0 Å². The van der Waals surface area contributed by atoms with Crippen LogP contribution in [0.5, 0.6) is 0 Å². The van der Waals surface area contributed by atoms with Crippen molar-refractivity contribution in [1.29, 1.82) is 0 Å². The first-order valence-electron chi connectivity index (χ1n) is 6.70. The van der Waals surface area contributed by atoms with E-state index in [1.54, 1.807) is 0 Å². The zero-order chi connectivity index (χ0) is 13.8. The fourth-order valence-corrected chi connectivity index (χ4v) is 2.64. The molecule has 2 N–H and O–H groups in total. The monoisotopic (exact) mass is 279 g/mol. The lowest BCUT2D eigenvalue weighted by molar-refractivity contribution is -0.106. The van der Waals surface area contributed by atoms with Crippen LogP contribution in [0.4, 0.5) is 0 Å². The highest BCUT2D eigenvalue weighted by Gasteiger charge is 2.24. The van der Waals surface area contributed by atoms with Gasteiger partial charge in [0, 0.05) is 5.56 Å². The van der Waals surface area contributed by atoms with Crippen molar-refractivity contribution < 1.29 is 9.47 Å². The lowest BCUT2D eigenvalue weighted by Crippen LogP contribution is -2.34. The molecule has 1 saturated heterocycles. The molecular formula is C15H21NO2S. The van der Waals surface area contributed by atoms with Gasteiger partial charge in [0.2, 0.25) is 0 Å². The van der Waals surface area contributed by atoms with E-state index in [9.17, 15) is 0 Å². The molecule has 1 aliphatic rings. The van der Waals surface area contributed by atoms with Gasteiger partial charge < -0.3 is 15.2 Å². The molecule has 0 radical (unpaired) electrons. The lowest BCUT2D eigenvalue weighted by Gasteiger charge is -2.32. The highest BCUT2D eigenvalue weighted by atomic mass is 32.1. The summed E-state index contributed by atoms with van der Waals surface area (Å²) in [6.07, 6.45) is 2.74. The first-order chi connectivity index (χ1) is 9.04. The van der Waals surface area contributed by atoms with E-state index in [2.05, 4.69) is 13.8 Å². The molecule has 0 aromatic heterocycles. The highest BCUT2D eigenvalue weighted by Crippen LogP contribution is 2.22. The zero-order valence-electron chi connectivity index (χ0n) is 11.5. The van der Waals surface area contributed by atoms with Gasteiger partial charge in [0.05, 0.1) is 24.9 Å². The molecule has 2 rings (SSSR count). The molecule has 1 aromatic rings. The van der Waals surface area contributed by atoms with Gasteiger partial charge in [0.25, 0.3) is 0 Å². The van der Waals surface area contributed by atoms with E-state index >= 15 is 0 Å². The van der Waals surface area contributed by atoms with Crippen LogP contribution in [0.1, 0.15) is 37.8 Å². The van der Waals surface area contributed by atoms with E-state index in [0.29, 0.717) is 11.6 Å². The van der Waals surface area contributed by atoms with E-state index in [1.165, 1.54) is 0 Å². The van der Waals surface area contributed by atoms with Crippen molar-refractivity contribution in [3.8, 4) is 0 Å². The van der Waals surface area contributed by atoms with Gasteiger partial charge in [-0.05, 0) is 38.3 Å². The molecule has 3 nitrogen and oxygen atoms in total. The third-order valence-corrected chi connectivity index (χ3v) is 3.59. The van der Waals surface area contributed by atoms with Gasteiger partial charge in [-0.25, -0.2) is 0 Å². The summed E-state index contributed by atoms with van der Waals surface area (Å²) in [5.74, 6) is 0. The number of hydrogen-bond acceptors (Lipinski definition) is 3. The van der Waals surface area contributed by atoms with Crippen LogP contribution in [-0.2, 0) is 16.1 Å². The smallest absolute Gasteiger partial charge is 0.103 e. The maximum Gasteiger partial charge on any atom is 0.103 e. The predicted octanol–water partition coefficient (Wildman–Crippen LogP) is 2.79. The molecule has 2 atom stereocenters. The molecule has 1 fully saturated rings. The minimum absolute atomic E-state index is 0.271. The lowest BCUT2D eigenvalue weighted by atomic mass is 10.0. The Labute approximate surface area is 120 Å². The van der Waals surface area contributed by atoms with Crippen molar-refractivity contribution in [2.24, 2.45) is 5.73 Å². The van der Waals surface area contributed by atoms with Crippen molar-refractivity contribution in [2.45, 2.75) is 51.6 Å². The Morgan fingerprint density at radius 2 is 2.05 bits per heavy atom. The van der Waals surface area contributed by atoms with Crippen molar-refractivity contribution in [1.82, 2.24) is 0 Å². The van der Waals surface area contributed by atoms with Crippen LogP contribution in [0.25, 0.3) is 0 Å². The molecule has 0 bridgehead atoms. The third kappa shape index (κ3) is 4.27. The van der Waals surface area contributed by atoms with Gasteiger partial charge in [0.1, 0.15) is 4.99 Å². The molecule has 0 amide bonds. The number of thiocarbonyl (C=S) groups is 1. The van der Waals surface area contributed by atoms with E-state index in [-0.39, 0.29) is 18.3 Å². The van der Waals surface area contributed by atoms with Gasteiger partial charge in [-0.1, -0.05) is 30.4 Å². The average molecular weight is 279 g/mol. The molecule has 0 saturated carbocycles. The van der Waals surface area contributed by atoms with E-state index < -0.39 is 0 Å². The Bertz CT molecular complexity index is 440. The molecule has 1 heterocycles. The largest absolute Gasteiger partial charge is 0.389 e. The molecule has 0 aliphatic carbocycles. The topological polar surface area (TPSA) is 44.5 Å². The molecule has 1 aromatic carbocycles. The molecule has 4 heteroatoms. The van der Waals surface area contributed by atoms with Crippen molar-refractivity contribution in [3.63, 3.8) is 0 Å². The highest BCUT2D eigenvalue weighted by molar-refractivity contribution is 7.80. The number of ether oxygens (including phenoxy) is 2. The Kier molecular flexibility index (Phi) is 4.91. The van der Waals surface area contributed by atoms with Gasteiger partial charge in [-0.3, -0.25) is 0 Å². The second-order valence-corrected chi connectivity index (χ2v) is 5.67. The van der Waals surface area contributed by atoms with Crippen LogP contribution >= 0.6 is 12.2 Å². The average Bonchev–Trinajstić information content (AvgIpc) is 2.35. The van der Waals surface area contributed by atoms with E-state index in [1.807, 2.05) is 24.3 Å². The Hall–Kier alpha value is -0.970. The van der Waals surface area contributed by atoms with Crippen molar-refractivity contribution >= 4 is 17.2 Å². The fourth-order valence-electron chi connectivity index (χ4n) is 2.51. The first kappa shape index (κ1) is 14.4. The summed E-state index contributed by atoms with van der Waals surface area (Å²) in [5, 5.41) is 0. The summed E-state index contributed by atoms with van der Waals surface area (Å²) >= 11 is 4.98. The Morgan fingerprint density at radius 3 is 2.68 bits per heavy atom. The van der Waals surface area contributed by atoms with Gasteiger partial charge in [-0.15, -0.1) is 0 Å². The number of benzene rings is 1. The van der Waals surface area contributed by atoms with Crippen LogP contribution in [0.15, 0.2) is 24.3 Å². The second-order valence-electron chi connectivity index (χ2n) is 5.23.